The largest absolute Gasteiger partial charge is 0.372 e. The molecule has 24 heavy (non-hydrogen) atoms. The molecule has 2 nitrogen and oxygen atoms in total. The normalized spacial score (nSPS) is 14.8. The van der Waals surface area contributed by atoms with E-state index in [0.717, 1.165) is 5.69 Å². The van der Waals surface area contributed by atoms with Crippen molar-refractivity contribution in [2.75, 3.05) is 18.0 Å². The van der Waals surface area contributed by atoms with Crippen LogP contribution in [0.4, 0.5) is 11.4 Å². The lowest BCUT2D eigenvalue weighted by atomic mass is 10.1. The van der Waals surface area contributed by atoms with Crippen molar-refractivity contribution in [1.82, 2.24) is 0 Å². The highest BCUT2D eigenvalue weighted by Crippen LogP contribution is 2.26. The van der Waals surface area contributed by atoms with Crippen LogP contribution in [0.25, 0.3) is 10.8 Å². The Morgan fingerprint density at radius 1 is 0.917 bits per heavy atom. The van der Waals surface area contributed by atoms with E-state index in [2.05, 4.69) is 72.5 Å². The van der Waals surface area contributed by atoms with Gasteiger partial charge in [0.15, 0.2) is 0 Å². The third kappa shape index (κ3) is 2.92. The predicted molar refractivity (Wildman–Crippen MR) is 104 cm³/mol. The van der Waals surface area contributed by atoms with Gasteiger partial charge in [0, 0.05) is 30.4 Å². The maximum Gasteiger partial charge on any atom is 0.0708 e. The van der Waals surface area contributed by atoms with Crippen molar-refractivity contribution < 1.29 is 0 Å². The van der Waals surface area contributed by atoms with Crippen molar-refractivity contribution in [2.24, 2.45) is 4.99 Å². The van der Waals surface area contributed by atoms with Gasteiger partial charge >= 0.3 is 0 Å². The number of aliphatic imine (C=N–C) groups is 1. The van der Waals surface area contributed by atoms with E-state index in [9.17, 15) is 0 Å². The van der Waals surface area contributed by atoms with Crippen LogP contribution in [-0.4, -0.2) is 19.3 Å². The highest BCUT2D eigenvalue weighted by molar-refractivity contribution is 5.95. The molecule has 3 aromatic carbocycles. The Labute approximate surface area is 143 Å². The van der Waals surface area contributed by atoms with E-state index in [1.165, 1.54) is 53.5 Å². The van der Waals surface area contributed by atoms with Crippen LogP contribution in [0.5, 0.6) is 0 Å². The van der Waals surface area contributed by atoms with E-state index in [1.54, 1.807) is 0 Å². The number of rotatable bonds is 3. The Kier molecular flexibility index (Phi) is 4.04. The quantitative estimate of drug-likeness (QED) is 0.583. The van der Waals surface area contributed by atoms with E-state index in [1.807, 2.05) is 6.21 Å². The van der Waals surface area contributed by atoms with E-state index in [-0.39, 0.29) is 0 Å². The molecular weight excluding hydrogens is 292 g/mol. The average Bonchev–Trinajstić information content (AvgIpc) is 3.15. The molecule has 120 valence electrons. The maximum absolute atomic E-state index is 4.75. The number of aryl methyl sites for hydroxylation is 1. The lowest BCUT2D eigenvalue weighted by molar-refractivity contribution is 0.949. The first kappa shape index (κ1) is 14.9. The number of benzene rings is 3. The van der Waals surface area contributed by atoms with E-state index in [0.29, 0.717) is 0 Å². The summed E-state index contributed by atoms with van der Waals surface area (Å²) in [5.41, 5.74) is 4.83. The minimum absolute atomic E-state index is 1.02. The number of nitrogens with zero attached hydrogens (tertiary/aromatic N) is 2. The molecule has 0 aliphatic carbocycles. The Balaban J connectivity index is 1.63. The lowest BCUT2D eigenvalue weighted by Gasteiger charge is -2.18. The van der Waals surface area contributed by atoms with Crippen LogP contribution in [0.15, 0.2) is 65.7 Å². The van der Waals surface area contributed by atoms with E-state index in [4.69, 9.17) is 4.99 Å². The summed E-state index contributed by atoms with van der Waals surface area (Å²) in [6.45, 7) is 4.54. The van der Waals surface area contributed by atoms with Gasteiger partial charge in [-0.3, -0.25) is 4.99 Å². The molecule has 0 atom stereocenters. The minimum atomic E-state index is 1.02. The molecule has 1 aliphatic heterocycles. The second-order valence-electron chi connectivity index (χ2n) is 6.49. The van der Waals surface area contributed by atoms with Crippen LogP contribution in [0.2, 0.25) is 0 Å². The monoisotopic (exact) mass is 314 g/mol. The molecule has 0 aromatic heterocycles. The Bertz CT molecular complexity index is 884. The molecule has 0 unspecified atom stereocenters. The second-order valence-corrected chi connectivity index (χ2v) is 6.49. The maximum atomic E-state index is 4.75. The smallest absolute Gasteiger partial charge is 0.0708 e. The third-order valence-electron chi connectivity index (χ3n) is 4.83. The standard InChI is InChI=1S/C22H22N2/c1-17-15-20(24-13-4-5-14-24)12-11-19(17)16-23-22-10-6-8-18-7-2-3-9-21(18)22/h2-3,6-12,15-16H,4-5,13-14H2,1H3. The highest BCUT2D eigenvalue weighted by atomic mass is 15.1. The van der Waals surface area contributed by atoms with E-state index < -0.39 is 0 Å². The van der Waals surface area contributed by atoms with Gasteiger partial charge in [-0.25, -0.2) is 0 Å². The number of hydrogen-bond acceptors (Lipinski definition) is 2. The molecule has 0 amide bonds. The molecule has 1 aliphatic rings. The van der Waals surface area contributed by atoms with Crippen LogP contribution in [0, 0.1) is 6.92 Å². The van der Waals surface area contributed by atoms with Gasteiger partial charge in [0.1, 0.15) is 0 Å². The zero-order valence-electron chi connectivity index (χ0n) is 14.1. The molecule has 0 N–H and O–H groups in total. The lowest BCUT2D eigenvalue weighted by Crippen LogP contribution is -2.17. The summed E-state index contributed by atoms with van der Waals surface area (Å²) in [5.74, 6) is 0. The summed E-state index contributed by atoms with van der Waals surface area (Å²) in [4.78, 5) is 7.22. The van der Waals surface area contributed by atoms with Crippen LogP contribution in [-0.2, 0) is 0 Å². The fourth-order valence-corrected chi connectivity index (χ4v) is 3.44. The van der Waals surface area contributed by atoms with E-state index >= 15 is 0 Å². The van der Waals surface area contributed by atoms with Crippen molar-refractivity contribution in [2.45, 2.75) is 19.8 Å². The van der Waals surface area contributed by atoms with Gasteiger partial charge in [0.25, 0.3) is 0 Å². The van der Waals surface area contributed by atoms with Gasteiger partial charge in [-0.1, -0.05) is 42.5 Å². The van der Waals surface area contributed by atoms with Crippen molar-refractivity contribution in [1.29, 1.82) is 0 Å². The zero-order valence-corrected chi connectivity index (χ0v) is 14.1. The highest BCUT2D eigenvalue weighted by Gasteiger charge is 2.12. The summed E-state index contributed by atoms with van der Waals surface area (Å²) in [6, 6.07) is 21.4. The molecule has 0 bridgehead atoms. The number of hydrogen-bond donors (Lipinski definition) is 0. The van der Waals surface area contributed by atoms with Gasteiger partial charge in [0.05, 0.1) is 5.69 Å². The Morgan fingerprint density at radius 2 is 1.71 bits per heavy atom. The molecule has 2 heteroatoms. The fourth-order valence-electron chi connectivity index (χ4n) is 3.44. The SMILES string of the molecule is Cc1cc(N2CCCC2)ccc1C=Nc1cccc2ccccc12. The third-order valence-corrected chi connectivity index (χ3v) is 4.83. The molecule has 0 spiro atoms. The van der Waals surface area contributed by atoms with Gasteiger partial charge < -0.3 is 4.90 Å². The zero-order chi connectivity index (χ0) is 16.4. The first-order chi connectivity index (χ1) is 11.8. The van der Waals surface area contributed by atoms with Gasteiger partial charge in [-0.15, -0.1) is 0 Å². The summed E-state index contributed by atoms with van der Waals surface area (Å²) in [6.07, 6.45) is 4.61. The Hall–Kier alpha value is -2.61. The molecule has 1 fully saturated rings. The predicted octanol–water partition coefficient (Wildman–Crippen LogP) is 5.50. The molecule has 1 saturated heterocycles. The molecular formula is C22H22N2. The summed E-state index contributed by atoms with van der Waals surface area (Å²) < 4.78 is 0. The van der Waals surface area contributed by atoms with Crippen molar-refractivity contribution in [3.63, 3.8) is 0 Å². The van der Waals surface area contributed by atoms with Crippen LogP contribution in [0.3, 0.4) is 0 Å². The van der Waals surface area contributed by atoms with Crippen LogP contribution >= 0.6 is 0 Å². The second kappa shape index (κ2) is 6.48. The summed E-state index contributed by atoms with van der Waals surface area (Å²) in [5, 5.41) is 2.43. The fraction of sp³-hybridized carbons (Fsp3) is 0.227. The first-order valence-corrected chi connectivity index (χ1v) is 8.69. The van der Waals surface area contributed by atoms with Crippen molar-refractivity contribution in [3.05, 3.63) is 71.8 Å². The summed E-state index contributed by atoms with van der Waals surface area (Å²) in [7, 11) is 0. The van der Waals surface area contributed by atoms with Crippen molar-refractivity contribution in [3.8, 4) is 0 Å². The molecule has 0 radical (unpaired) electrons. The number of anilines is 1. The topological polar surface area (TPSA) is 15.6 Å². The molecule has 4 rings (SSSR count). The van der Waals surface area contributed by atoms with Crippen LogP contribution in [0.1, 0.15) is 24.0 Å². The first-order valence-electron chi connectivity index (χ1n) is 8.69. The van der Waals surface area contributed by atoms with Gasteiger partial charge in [-0.2, -0.15) is 0 Å². The Morgan fingerprint density at radius 3 is 2.54 bits per heavy atom. The van der Waals surface area contributed by atoms with Gasteiger partial charge in [-0.05, 0) is 54.5 Å². The molecule has 0 saturated carbocycles. The number of fused-ring (bicyclic) bond motifs is 1. The molecule has 1 heterocycles. The molecule has 3 aromatic rings. The average molecular weight is 314 g/mol. The van der Waals surface area contributed by atoms with Gasteiger partial charge in [0.2, 0.25) is 0 Å². The van der Waals surface area contributed by atoms with Crippen LogP contribution < -0.4 is 4.90 Å². The summed E-state index contributed by atoms with van der Waals surface area (Å²) >= 11 is 0. The minimum Gasteiger partial charge on any atom is -0.372 e. The van der Waals surface area contributed by atoms with Crippen molar-refractivity contribution >= 4 is 28.4 Å².